The van der Waals surface area contributed by atoms with Crippen molar-refractivity contribution >= 4 is 25.1 Å². The van der Waals surface area contributed by atoms with E-state index in [-0.39, 0.29) is 0 Å². The van der Waals surface area contributed by atoms with Crippen LogP contribution in [0.1, 0.15) is 6.42 Å². The summed E-state index contributed by atoms with van der Waals surface area (Å²) < 4.78 is 0. The van der Waals surface area contributed by atoms with Crippen LogP contribution in [0.2, 0.25) is 0 Å². The van der Waals surface area contributed by atoms with E-state index in [9.17, 15) is 4.89 Å². The quantitative estimate of drug-likeness (QED) is 0.508. The molecule has 3 unspecified atom stereocenters. The number of hydrogen-bond donors (Lipinski definition) is 1. The molecule has 0 bridgehead atoms. The maximum atomic E-state index is 10.5. The fourth-order valence-electron chi connectivity index (χ4n) is 1.20. The van der Waals surface area contributed by atoms with Gasteiger partial charge in [0, 0.05) is 11.2 Å². The topological polar surface area (TPSA) is 43.3 Å². The van der Waals surface area contributed by atoms with Gasteiger partial charge in [-0.2, -0.15) is 4.89 Å². The first-order valence-corrected chi connectivity index (χ1v) is 5.18. The molecule has 1 saturated carbocycles. The molecule has 1 saturated heterocycles. The van der Waals surface area contributed by atoms with Crippen molar-refractivity contribution in [2.24, 2.45) is 5.92 Å². The van der Waals surface area contributed by atoms with Gasteiger partial charge in [-0.15, -0.1) is 11.8 Å². The number of thioether (sulfide) groups is 1. The van der Waals surface area contributed by atoms with Crippen LogP contribution in [0.3, 0.4) is 0 Å². The number of fused-ring (bicyclic) bond motifs is 1. The molecule has 50 valence electrons. The van der Waals surface area contributed by atoms with E-state index in [2.05, 4.69) is 0 Å². The second kappa shape index (κ2) is 1.96. The Balaban J connectivity index is 2.23. The zero-order valence-corrected chi connectivity index (χ0v) is 6.49. The van der Waals surface area contributed by atoms with Gasteiger partial charge in [-0.05, 0) is 6.42 Å². The van der Waals surface area contributed by atoms with Crippen LogP contribution in [-0.2, 0) is 0 Å². The molecule has 3 atom stereocenters. The molecular weight excluding hydrogens is 155 g/mol. The lowest BCUT2D eigenvalue weighted by atomic mass is 10.3. The normalized spacial score (nSPS) is 44.7. The third-order valence-electron chi connectivity index (χ3n) is 1.85. The van der Waals surface area contributed by atoms with Crippen molar-refractivity contribution in [2.45, 2.75) is 11.7 Å². The lowest BCUT2D eigenvalue weighted by molar-refractivity contribution is -0.167. The Morgan fingerprint density at radius 1 is 1.78 bits per heavy atom. The Kier molecular flexibility index (Phi) is 1.34. The number of rotatable bonds is 0. The SMILES string of the molecule is [O-][P+](O)=C1CSC2CC12. The maximum Gasteiger partial charge on any atom is 0.217 e. The lowest BCUT2D eigenvalue weighted by Gasteiger charge is -1.92. The molecule has 9 heavy (non-hydrogen) atoms. The maximum absolute atomic E-state index is 10.5. The first-order chi connectivity index (χ1) is 4.29. The summed E-state index contributed by atoms with van der Waals surface area (Å²) in [5, 5.41) is 1.62. The summed E-state index contributed by atoms with van der Waals surface area (Å²) >= 11 is 1.83. The van der Waals surface area contributed by atoms with Gasteiger partial charge in [-0.25, -0.2) is 0 Å². The monoisotopic (exact) mass is 162 g/mol. The third-order valence-corrected chi connectivity index (χ3v) is 4.47. The van der Waals surface area contributed by atoms with Crippen molar-refractivity contribution in [1.82, 2.24) is 0 Å². The highest BCUT2D eigenvalue weighted by molar-refractivity contribution is 8.02. The first-order valence-electron chi connectivity index (χ1n) is 2.92. The van der Waals surface area contributed by atoms with Crippen molar-refractivity contribution in [2.75, 3.05) is 5.75 Å². The molecule has 4 heteroatoms. The molecule has 0 spiro atoms. The molecule has 1 N–H and O–H groups in total. The molecule has 2 nitrogen and oxygen atoms in total. The molecule has 1 aliphatic heterocycles. The van der Waals surface area contributed by atoms with Crippen LogP contribution in [0.4, 0.5) is 0 Å². The molecule has 2 rings (SSSR count). The molecule has 0 radical (unpaired) electrons. The summed E-state index contributed by atoms with van der Waals surface area (Å²) in [6, 6.07) is 0. The molecule has 2 aliphatic rings. The largest absolute Gasteiger partial charge is 0.603 e. The molecule has 1 heterocycles. The smallest absolute Gasteiger partial charge is 0.217 e. The summed E-state index contributed by atoms with van der Waals surface area (Å²) in [7, 11) is -1.95. The van der Waals surface area contributed by atoms with E-state index < -0.39 is 8.00 Å². The van der Waals surface area contributed by atoms with Gasteiger partial charge in [0.05, 0.1) is 5.75 Å². The van der Waals surface area contributed by atoms with Gasteiger partial charge in [0.15, 0.2) is 0 Å². The van der Waals surface area contributed by atoms with E-state index in [0.717, 1.165) is 17.5 Å². The Morgan fingerprint density at radius 2 is 2.56 bits per heavy atom. The van der Waals surface area contributed by atoms with Crippen molar-refractivity contribution in [3.8, 4) is 0 Å². The van der Waals surface area contributed by atoms with Crippen LogP contribution in [0.5, 0.6) is 0 Å². The summed E-state index contributed by atoms with van der Waals surface area (Å²) in [4.78, 5) is 19.2. The Hall–Kier alpha value is 0.440. The summed E-state index contributed by atoms with van der Waals surface area (Å²) in [6.07, 6.45) is 1.15. The summed E-state index contributed by atoms with van der Waals surface area (Å²) in [6.45, 7) is 0. The van der Waals surface area contributed by atoms with Crippen LogP contribution in [0, 0.1) is 5.92 Å². The highest BCUT2D eigenvalue weighted by Gasteiger charge is 2.50. The molecule has 0 aromatic rings. The van der Waals surface area contributed by atoms with Crippen LogP contribution < -0.4 is 4.89 Å². The van der Waals surface area contributed by atoms with E-state index in [1.54, 1.807) is 0 Å². The Morgan fingerprint density at radius 3 is 2.78 bits per heavy atom. The Labute approximate surface area is 58.8 Å². The van der Waals surface area contributed by atoms with E-state index in [1.807, 2.05) is 11.8 Å². The molecule has 1 aliphatic carbocycles. The predicted molar refractivity (Wildman–Crippen MR) is 38.5 cm³/mol. The van der Waals surface area contributed by atoms with E-state index >= 15 is 0 Å². The lowest BCUT2D eigenvalue weighted by Crippen LogP contribution is -2.04. The van der Waals surface area contributed by atoms with Gasteiger partial charge >= 0.3 is 0 Å². The zero-order chi connectivity index (χ0) is 6.43. The third kappa shape index (κ3) is 0.926. The second-order valence-electron chi connectivity index (χ2n) is 2.46. The minimum absolute atomic E-state index is 0.517. The predicted octanol–water partition coefficient (Wildman–Crippen LogP) is -0.0414. The average Bonchev–Trinajstić information content (AvgIpc) is 2.43. The van der Waals surface area contributed by atoms with Crippen molar-refractivity contribution in [1.29, 1.82) is 0 Å². The number of hydrogen-bond acceptors (Lipinski definition) is 3. The first kappa shape index (κ1) is 6.17. The van der Waals surface area contributed by atoms with Crippen LogP contribution in [0.25, 0.3) is 0 Å². The highest BCUT2D eigenvalue weighted by Crippen LogP contribution is 2.51. The fraction of sp³-hybridized carbons (Fsp3) is 0.800. The van der Waals surface area contributed by atoms with Crippen LogP contribution >= 0.6 is 19.8 Å². The zero-order valence-electron chi connectivity index (χ0n) is 4.78. The van der Waals surface area contributed by atoms with Gasteiger partial charge < -0.3 is 4.89 Å². The van der Waals surface area contributed by atoms with Crippen molar-refractivity contribution in [3.05, 3.63) is 0 Å². The van der Waals surface area contributed by atoms with Crippen molar-refractivity contribution in [3.63, 3.8) is 0 Å². The van der Waals surface area contributed by atoms with Gasteiger partial charge in [-0.3, -0.25) is 0 Å². The molecular formula is C5H7O2PS. The van der Waals surface area contributed by atoms with Crippen LogP contribution in [0.15, 0.2) is 0 Å². The standard InChI is InChI=1S/C5H7O2PS/c6-8(7)4-2-9-5-1-3(4)5/h3,5H,1-2H2,(H,6,7). The molecule has 0 amide bonds. The van der Waals surface area contributed by atoms with E-state index in [0.29, 0.717) is 11.2 Å². The minimum atomic E-state index is -1.95. The molecule has 0 aromatic carbocycles. The summed E-state index contributed by atoms with van der Waals surface area (Å²) in [5.74, 6) is 1.35. The Bertz CT molecular complexity index is 176. The fourth-order valence-corrected chi connectivity index (χ4v) is 3.88. The van der Waals surface area contributed by atoms with Gasteiger partial charge in [0.1, 0.15) is 5.29 Å². The van der Waals surface area contributed by atoms with Gasteiger partial charge in [-0.1, -0.05) is 0 Å². The van der Waals surface area contributed by atoms with Crippen LogP contribution in [-0.4, -0.2) is 21.2 Å². The molecule has 2 fully saturated rings. The van der Waals surface area contributed by atoms with Gasteiger partial charge in [0.25, 0.3) is 0 Å². The van der Waals surface area contributed by atoms with E-state index in [1.165, 1.54) is 0 Å². The summed E-state index contributed by atoms with van der Waals surface area (Å²) in [5.41, 5.74) is 0. The molecule has 0 aromatic heterocycles. The van der Waals surface area contributed by atoms with Gasteiger partial charge in [0.2, 0.25) is 8.00 Å². The highest BCUT2D eigenvalue weighted by atomic mass is 32.2. The second-order valence-corrected chi connectivity index (χ2v) is 4.80. The van der Waals surface area contributed by atoms with E-state index in [4.69, 9.17) is 4.89 Å². The average molecular weight is 162 g/mol. The van der Waals surface area contributed by atoms with Crippen molar-refractivity contribution < 1.29 is 9.79 Å². The minimum Gasteiger partial charge on any atom is -0.603 e.